The monoisotopic (exact) mass is 561 g/mol. The van der Waals surface area contributed by atoms with Crippen molar-refractivity contribution < 1.29 is 13.2 Å². The van der Waals surface area contributed by atoms with Crippen LogP contribution in [-0.4, -0.2) is 62.4 Å². The Labute approximate surface area is 221 Å². The van der Waals surface area contributed by atoms with E-state index in [2.05, 4.69) is 29.8 Å². The Morgan fingerprint density at radius 1 is 1.09 bits per heavy atom. The van der Waals surface area contributed by atoms with E-state index in [1.54, 1.807) is 16.7 Å². The fraction of sp³-hybridized carbons (Fsp3) is 0.391. The fourth-order valence-corrected chi connectivity index (χ4v) is 6.28. The Kier molecular flexibility index (Phi) is 11.1. The predicted molar refractivity (Wildman–Crippen MR) is 147 cm³/mol. The van der Waals surface area contributed by atoms with E-state index in [1.165, 1.54) is 35.6 Å². The number of anilines is 1. The first-order valence-corrected chi connectivity index (χ1v) is 14.8. The summed E-state index contributed by atoms with van der Waals surface area (Å²) in [6.45, 7) is 7.05. The molecule has 34 heavy (non-hydrogen) atoms. The molecule has 0 unspecified atom stereocenters. The molecule has 3 rings (SSSR count). The first kappa shape index (κ1) is 28.9. The third-order valence-corrected chi connectivity index (χ3v) is 9.16. The second-order valence-corrected chi connectivity index (χ2v) is 11.9. The number of sulfone groups is 1. The van der Waals surface area contributed by atoms with Gasteiger partial charge in [0, 0.05) is 29.4 Å². The van der Waals surface area contributed by atoms with E-state index < -0.39 is 9.84 Å². The van der Waals surface area contributed by atoms with Crippen LogP contribution in [0.5, 0.6) is 0 Å². The quantitative estimate of drug-likeness (QED) is 0.282. The van der Waals surface area contributed by atoms with Gasteiger partial charge in [-0.05, 0) is 61.8 Å². The fourth-order valence-electron chi connectivity index (χ4n) is 3.36. The van der Waals surface area contributed by atoms with Gasteiger partial charge in [-0.25, -0.2) is 13.4 Å². The highest BCUT2D eigenvalue weighted by Crippen LogP contribution is 2.32. The van der Waals surface area contributed by atoms with Crippen LogP contribution in [0.4, 0.5) is 5.13 Å². The van der Waals surface area contributed by atoms with Crippen LogP contribution < -0.4 is 4.90 Å². The molecule has 0 aliphatic heterocycles. The molecule has 3 aromatic rings. The smallest absolute Gasteiger partial charge is 0.229 e. The Morgan fingerprint density at radius 3 is 2.38 bits per heavy atom. The van der Waals surface area contributed by atoms with Gasteiger partial charge >= 0.3 is 0 Å². The van der Waals surface area contributed by atoms with Crippen LogP contribution in [0.25, 0.3) is 10.2 Å². The number of thiazole rings is 1. The van der Waals surface area contributed by atoms with Gasteiger partial charge < -0.3 is 4.90 Å². The van der Waals surface area contributed by atoms with E-state index in [0.29, 0.717) is 23.2 Å². The highest BCUT2D eigenvalue weighted by molar-refractivity contribution is 7.98. The molecule has 0 saturated heterocycles. The maximum Gasteiger partial charge on any atom is 0.229 e. The topological polar surface area (TPSA) is 70.6 Å². The largest absolute Gasteiger partial charge is 0.302 e. The van der Waals surface area contributed by atoms with Crippen LogP contribution >= 0.6 is 47.1 Å². The van der Waals surface area contributed by atoms with Crippen molar-refractivity contribution in [1.29, 1.82) is 0 Å². The molecule has 11 heteroatoms. The van der Waals surface area contributed by atoms with Crippen LogP contribution in [0.1, 0.15) is 20.3 Å². The van der Waals surface area contributed by atoms with Crippen molar-refractivity contribution in [1.82, 2.24) is 9.88 Å². The van der Waals surface area contributed by atoms with Gasteiger partial charge in [-0.1, -0.05) is 36.8 Å². The van der Waals surface area contributed by atoms with Crippen LogP contribution in [0.15, 0.2) is 52.3 Å². The van der Waals surface area contributed by atoms with Crippen molar-refractivity contribution in [3.63, 3.8) is 0 Å². The minimum atomic E-state index is -3.60. The third kappa shape index (κ3) is 7.32. The summed E-state index contributed by atoms with van der Waals surface area (Å²) in [4.78, 5) is 23.1. The Bertz CT molecular complexity index is 1200. The lowest BCUT2D eigenvalue weighted by Crippen LogP contribution is -2.39. The number of benzene rings is 2. The zero-order valence-corrected chi connectivity index (χ0v) is 23.4. The minimum Gasteiger partial charge on any atom is -0.302 e. The molecule has 0 bridgehead atoms. The number of thioether (sulfide) groups is 1. The summed E-state index contributed by atoms with van der Waals surface area (Å²) in [5, 5.41) is 1.07. The maximum atomic E-state index is 13.2. The summed E-state index contributed by atoms with van der Waals surface area (Å²) in [6, 6.07) is 12.1. The summed E-state index contributed by atoms with van der Waals surface area (Å²) in [6.07, 6.45) is 1.90. The zero-order valence-electron chi connectivity index (χ0n) is 19.4. The molecule has 2 aromatic carbocycles. The molecule has 0 aliphatic carbocycles. The van der Waals surface area contributed by atoms with Crippen molar-refractivity contribution in [3.05, 3.63) is 47.5 Å². The first-order chi connectivity index (χ1) is 15.8. The summed E-state index contributed by atoms with van der Waals surface area (Å²) >= 11 is 8.98. The van der Waals surface area contributed by atoms with Gasteiger partial charge in [0.25, 0.3) is 0 Å². The van der Waals surface area contributed by atoms with Gasteiger partial charge in [0.15, 0.2) is 15.0 Å². The van der Waals surface area contributed by atoms with E-state index in [0.717, 1.165) is 28.2 Å². The SMILES string of the molecule is CCN(CC)CCN(C(=O)CCS(=O)(=O)c1ccc(Cl)cc1)c1nc2ccc(SC)cc2s1.Cl. The van der Waals surface area contributed by atoms with Crippen molar-refractivity contribution in [2.45, 2.75) is 30.1 Å². The van der Waals surface area contributed by atoms with Gasteiger partial charge in [0.1, 0.15) is 0 Å². The number of likely N-dealkylation sites (N-methyl/N-ethyl adjacent to an activating group) is 1. The van der Waals surface area contributed by atoms with Crippen molar-refractivity contribution in [3.8, 4) is 0 Å². The molecule has 0 atom stereocenters. The number of hydrogen-bond donors (Lipinski definition) is 0. The van der Waals surface area contributed by atoms with Gasteiger partial charge in [-0.2, -0.15) is 0 Å². The molecule has 1 heterocycles. The summed E-state index contributed by atoms with van der Waals surface area (Å²) in [5.74, 6) is -0.514. The summed E-state index contributed by atoms with van der Waals surface area (Å²) in [7, 11) is -3.60. The Hall–Kier alpha value is -1.36. The highest BCUT2D eigenvalue weighted by atomic mass is 35.5. The Balaban J connectivity index is 0.00000408. The average molecular weight is 563 g/mol. The van der Waals surface area contributed by atoms with Crippen LogP contribution in [0.3, 0.4) is 0 Å². The molecule has 0 N–H and O–H groups in total. The van der Waals surface area contributed by atoms with Gasteiger partial charge in [0.05, 0.1) is 20.9 Å². The van der Waals surface area contributed by atoms with Gasteiger partial charge in [-0.15, -0.1) is 24.2 Å². The third-order valence-electron chi connectivity index (χ3n) is 5.41. The molecule has 0 saturated carbocycles. The molecule has 0 spiro atoms. The number of hydrogen-bond acceptors (Lipinski definition) is 7. The molecule has 186 valence electrons. The average Bonchev–Trinajstić information content (AvgIpc) is 3.23. The lowest BCUT2D eigenvalue weighted by atomic mass is 10.3. The van der Waals surface area contributed by atoms with Gasteiger partial charge in [0.2, 0.25) is 5.91 Å². The first-order valence-electron chi connectivity index (χ1n) is 10.7. The molecular formula is C23H29Cl2N3O3S3. The van der Waals surface area contributed by atoms with Crippen LogP contribution in [0.2, 0.25) is 5.02 Å². The standard InChI is InChI=1S/C23H28ClN3O3S3.ClH/c1-4-26(5-2)13-14-27(23-25-20-11-8-18(31-3)16-21(20)32-23)22(28)12-15-33(29,30)19-9-6-17(24)7-10-19;/h6-11,16H,4-5,12-15H2,1-3H3;1H. The summed E-state index contributed by atoms with van der Waals surface area (Å²) < 4.78 is 26.5. The molecule has 0 fully saturated rings. The summed E-state index contributed by atoms with van der Waals surface area (Å²) in [5.41, 5.74) is 0.835. The van der Waals surface area contributed by atoms with Crippen molar-refractivity contribution in [2.24, 2.45) is 0 Å². The predicted octanol–water partition coefficient (Wildman–Crippen LogP) is 5.63. The van der Waals surface area contributed by atoms with Crippen molar-refractivity contribution >= 4 is 78.2 Å². The Morgan fingerprint density at radius 2 is 1.76 bits per heavy atom. The lowest BCUT2D eigenvalue weighted by Gasteiger charge is -2.24. The lowest BCUT2D eigenvalue weighted by molar-refractivity contribution is -0.118. The number of fused-ring (bicyclic) bond motifs is 1. The van der Waals surface area contributed by atoms with E-state index in [9.17, 15) is 13.2 Å². The van der Waals surface area contributed by atoms with E-state index in [-0.39, 0.29) is 35.4 Å². The van der Waals surface area contributed by atoms with Crippen molar-refractivity contribution in [2.75, 3.05) is 43.1 Å². The number of rotatable bonds is 11. The molecule has 0 radical (unpaired) electrons. The number of nitrogens with zero attached hydrogens (tertiary/aromatic N) is 3. The highest BCUT2D eigenvalue weighted by Gasteiger charge is 2.23. The van der Waals surface area contributed by atoms with E-state index >= 15 is 0 Å². The number of halogens is 2. The number of aromatic nitrogens is 1. The van der Waals surface area contributed by atoms with Crippen LogP contribution in [-0.2, 0) is 14.6 Å². The number of carbonyl (C=O) groups is 1. The minimum absolute atomic E-state index is 0. The molecule has 0 aliphatic rings. The molecular weight excluding hydrogens is 533 g/mol. The molecule has 1 amide bonds. The van der Waals surface area contributed by atoms with E-state index in [4.69, 9.17) is 11.6 Å². The molecule has 1 aromatic heterocycles. The van der Waals surface area contributed by atoms with Gasteiger partial charge in [-0.3, -0.25) is 9.69 Å². The maximum absolute atomic E-state index is 13.2. The number of amides is 1. The van der Waals surface area contributed by atoms with Crippen LogP contribution in [0, 0.1) is 0 Å². The second-order valence-electron chi connectivity index (χ2n) is 7.43. The second kappa shape index (κ2) is 13.1. The van der Waals surface area contributed by atoms with E-state index in [1.807, 2.05) is 18.4 Å². The number of carbonyl (C=O) groups excluding carboxylic acids is 1. The zero-order chi connectivity index (χ0) is 24.0. The molecule has 6 nitrogen and oxygen atoms in total. The normalized spacial score (nSPS) is 11.6.